The molecule has 27 heavy (non-hydrogen) atoms. The molecule has 0 saturated heterocycles. The van der Waals surface area contributed by atoms with Gasteiger partial charge in [-0.2, -0.15) is 0 Å². The molecule has 2 aromatic carbocycles. The van der Waals surface area contributed by atoms with E-state index in [-0.39, 0.29) is 30.4 Å². The number of amides is 2. The number of nitrogens with one attached hydrogen (secondary N) is 2. The molecule has 140 valence electrons. The summed E-state index contributed by atoms with van der Waals surface area (Å²) in [6.45, 7) is 0.613. The molecule has 7 heteroatoms. The van der Waals surface area contributed by atoms with Gasteiger partial charge in [-0.1, -0.05) is 12.1 Å². The number of hydrogen-bond donors (Lipinski definition) is 2. The highest BCUT2D eigenvalue weighted by Crippen LogP contribution is 2.40. The number of carbonyl (C=O) groups is 2. The largest absolute Gasteiger partial charge is 0.497 e. The number of anilines is 1. The fraction of sp³-hybridized carbons (Fsp3) is 0.300. The quantitative estimate of drug-likeness (QED) is 0.817. The van der Waals surface area contributed by atoms with Gasteiger partial charge in [0.1, 0.15) is 5.75 Å². The predicted octanol–water partition coefficient (Wildman–Crippen LogP) is 2.31. The van der Waals surface area contributed by atoms with Crippen LogP contribution in [0.2, 0.25) is 0 Å². The zero-order valence-corrected chi connectivity index (χ0v) is 14.9. The second-order valence-corrected chi connectivity index (χ2v) is 6.57. The van der Waals surface area contributed by atoms with Gasteiger partial charge in [0, 0.05) is 18.3 Å². The van der Waals surface area contributed by atoms with E-state index in [1.54, 1.807) is 25.3 Å². The van der Waals surface area contributed by atoms with Crippen molar-refractivity contribution in [3.8, 4) is 17.2 Å². The highest BCUT2D eigenvalue weighted by atomic mass is 16.7. The molecule has 2 aromatic rings. The maximum atomic E-state index is 12.4. The van der Waals surface area contributed by atoms with Gasteiger partial charge in [0.25, 0.3) is 0 Å². The summed E-state index contributed by atoms with van der Waals surface area (Å²) in [4.78, 5) is 24.6. The van der Waals surface area contributed by atoms with Crippen LogP contribution in [0.15, 0.2) is 42.5 Å². The smallest absolute Gasteiger partial charge is 0.231 e. The first-order valence-electron chi connectivity index (χ1n) is 8.75. The van der Waals surface area contributed by atoms with Crippen LogP contribution < -0.4 is 24.8 Å². The Labute approximate surface area is 156 Å². The van der Waals surface area contributed by atoms with Crippen LogP contribution >= 0.6 is 0 Å². The fourth-order valence-electron chi connectivity index (χ4n) is 3.05. The first-order valence-corrected chi connectivity index (χ1v) is 8.75. The fourth-order valence-corrected chi connectivity index (χ4v) is 3.05. The summed E-state index contributed by atoms with van der Waals surface area (Å²) in [7, 11) is 1.61. The molecule has 4 rings (SSSR count). The molecule has 2 atom stereocenters. The number of fused-ring (bicyclic) bond motifs is 1. The third-order valence-electron chi connectivity index (χ3n) is 4.73. The van der Waals surface area contributed by atoms with E-state index in [2.05, 4.69) is 10.6 Å². The highest BCUT2D eigenvalue weighted by Gasteiger charge is 2.47. The monoisotopic (exact) mass is 368 g/mol. The molecular formula is C20H20N2O5. The Morgan fingerprint density at radius 3 is 2.56 bits per heavy atom. The molecule has 7 nitrogen and oxygen atoms in total. The summed E-state index contributed by atoms with van der Waals surface area (Å²) < 4.78 is 15.7. The molecule has 0 spiro atoms. The van der Waals surface area contributed by atoms with Crippen LogP contribution in [0.25, 0.3) is 0 Å². The number of benzene rings is 2. The lowest BCUT2D eigenvalue weighted by molar-refractivity contribution is -0.125. The van der Waals surface area contributed by atoms with Crippen LogP contribution in [0, 0.1) is 11.8 Å². The number of rotatable bonds is 6. The van der Waals surface area contributed by atoms with E-state index >= 15 is 0 Å². The zero-order valence-electron chi connectivity index (χ0n) is 14.9. The molecule has 1 saturated carbocycles. The molecule has 1 heterocycles. The summed E-state index contributed by atoms with van der Waals surface area (Å²) in [5, 5.41) is 5.72. The van der Waals surface area contributed by atoms with Crippen LogP contribution in [0.4, 0.5) is 5.69 Å². The molecule has 1 aliphatic heterocycles. The molecule has 0 bridgehead atoms. The topological polar surface area (TPSA) is 85.9 Å². The van der Waals surface area contributed by atoms with Crippen LogP contribution in [-0.4, -0.2) is 25.7 Å². The van der Waals surface area contributed by atoms with Gasteiger partial charge in [-0.3, -0.25) is 9.59 Å². The number of ether oxygens (including phenoxy) is 3. The molecule has 0 radical (unpaired) electrons. The Balaban J connectivity index is 1.26. The SMILES string of the molecule is COc1ccc(CNC(=O)C2CC2C(=O)Nc2ccc3c(c2)OCO3)cc1. The van der Waals surface area contributed by atoms with Crippen LogP contribution in [0.3, 0.4) is 0 Å². The molecule has 1 fully saturated rings. The Bertz CT molecular complexity index is 865. The van der Waals surface area contributed by atoms with Gasteiger partial charge in [-0.05, 0) is 36.2 Å². The van der Waals surface area contributed by atoms with E-state index in [0.717, 1.165) is 11.3 Å². The van der Waals surface area contributed by atoms with Crippen LogP contribution in [0.5, 0.6) is 17.2 Å². The second kappa shape index (κ2) is 7.19. The first kappa shape index (κ1) is 17.2. The Hall–Kier alpha value is -3.22. The van der Waals surface area contributed by atoms with Gasteiger partial charge < -0.3 is 24.8 Å². The van der Waals surface area contributed by atoms with E-state index in [1.807, 2.05) is 24.3 Å². The van der Waals surface area contributed by atoms with E-state index in [4.69, 9.17) is 14.2 Å². The van der Waals surface area contributed by atoms with E-state index in [1.165, 1.54) is 0 Å². The molecular weight excluding hydrogens is 348 g/mol. The molecule has 2 aliphatic rings. The van der Waals surface area contributed by atoms with Crippen molar-refractivity contribution in [2.75, 3.05) is 19.2 Å². The molecule has 2 unspecified atom stereocenters. The molecule has 2 N–H and O–H groups in total. The summed E-state index contributed by atoms with van der Waals surface area (Å²) in [5.41, 5.74) is 1.61. The van der Waals surface area contributed by atoms with Crippen LogP contribution in [0.1, 0.15) is 12.0 Å². The lowest BCUT2D eigenvalue weighted by Crippen LogP contribution is -2.27. The Morgan fingerprint density at radius 1 is 1.04 bits per heavy atom. The van der Waals surface area contributed by atoms with Crippen molar-refractivity contribution in [3.63, 3.8) is 0 Å². The first-order chi connectivity index (χ1) is 13.1. The summed E-state index contributed by atoms with van der Waals surface area (Å²) in [6.07, 6.45) is 0.560. The average Bonchev–Trinajstić information content (AvgIpc) is 3.37. The summed E-state index contributed by atoms with van der Waals surface area (Å²) in [6, 6.07) is 12.7. The van der Waals surface area contributed by atoms with E-state index in [0.29, 0.717) is 30.2 Å². The maximum absolute atomic E-state index is 12.4. The van der Waals surface area contributed by atoms with Crippen molar-refractivity contribution in [1.82, 2.24) is 5.32 Å². The minimum atomic E-state index is -0.300. The zero-order chi connectivity index (χ0) is 18.8. The molecule has 1 aliphatic carbocycles. The lowest BCUT2D eigenvalue weighted by atomic mass is 10.2. The summed E-state index contributed by atoms with van der Waals surface area (Å²) in [5.74, 6) is 1.21. The molecule has 2 amide bonds. The van der Waals surface area contributed by atoms with Crippen LogP contribution in [-0.2, 0) is 16.1 Å². The van der Waals surface area contributed by atoms with Crippen molar-refractivity contribution < 1.29 is 23.8 Å². The number of methoxy groups -OCH3 is 1. The summed E-state index contributed by atoms with van der Waals surface area (Å²) >= 11 is 0. The number of hydrogen-bond acceptors (Lipinski definition) is 5. The second-order valence-electron chi connectivity index (χ2n) is 6.57. The predicted molar refractivity (Wildman–Crippen MR) is 97.6 cm³/mol. The van der Waals surface area contributed by atoms with Gasteiger partial charge in [0.05, 0.1) is 18.9 Å². The van der Waals surface area contributed by atoms with Gasteiger partial charge in [0.2, 0.25) is 18.6 Å². The minimum absolute atomic E-state index is 0.100. The van der Waals surface area contributed by atoms with Gasteiger partial charge in [0.15, 0.2) is 11.5 Å². The highest BCUT2D eigenvalue weighted by molar-refractivity contribution is 5.99. The third kappa shape index (κ3) is 3.81. The average molecular weight is 368 g/mol. The Morgan fingerprint density at radius 2 is 1.78 bits per heavy atom. The van der Waals surface area contributed by atoms with Gasteiger partial charge >= 0.3 is 0 Å². The minimum Gasteiger partial charge on any atom is -0.497 e. The third-order valence-corrected chi connectivity index (χ3v) is 4.73. The lowest BCUT2D eigenvalue weighted by Gasteiger charge is -2.07. The van der Waals surface area contributed by atoms with Gasteiger partial charge in [-0.25, -0.2) is 0 Å². The number of carbonyl (C=O) groups excluding carboxylic acids is 2. The van der Waals surface area contributed by atoms with E-state index < -0.39 is 0 Å². The standard InChI is InChI=1S/C20H20N2O5/c1-25-14-5-2-12(3-6-14)10-21-19(23)15-9-16(15)20(24)22-13-4-7-17-18(8-13)27-11-26-17/h2-8,15-16H,9-11H2,1H3,(H,21,23)(H,22,24). The molecule has 0 aromatic heterocycles. The van der Waals surface area contributed by atoms with Crippen molar-refractivity contribution in [2.24, 2.45) is 11.8 Å². The normalized spacial score (nSPS) is 19.3. The maximum Gasteiger partial charge on any atom is 0.231 e. The van der Waals surface area contributed by atoms with Crippen molar-refractivity contribution in [2.45, 2.75) is 13.0 Å². The van der Waals surface area contributed by atoms with Crippen molar-refractivity contribution in [1.29, 1.82) is 0 Å². The van der Waals surface area contributed by atoms with Crippen molar-refractivity contribution >= 4 is 17.5 Å². The van der Waals surface area contributed by atoms with Crippen molar-refractivity contribution in [3.05, 3.63) is 48.0 Å². The Kier molecular flexibility index (Phi) is 4.58. The van der Waals surface area contributed by atoms with Gasteiger partial charge in [-0.15, -0.1) is 0 Å². The van der Waals surface area contributed by atoms with E-state index in [9.17, 15) is 9.59 Å².